The number of hydrogen-bond acceptors (Lipinski definition) is 6. The lowest BCUT2D eigenvalue weighted by molar-refractivity contribution is 0.188. The van der Waals surface area contributed by atoms with Gasteiger partial charge < -0.3 is 10.2 Å². The molecule has 1 aromatic carbocycles. The van der Waals surface area contributed by atoms with Crippen LogP contribution in [0.5, 0.6) is 5.75 Å². The Balaban J connectivity index is 1.84. The van der Waals surface area contributed by atoms with Crippen LogP contribution < -0.4 is 0 Å². The Morgan fingerprint density at radius 2 is 2.00 bits per heavy atom. The van der Waals surface area contributed by atoms with Crippen molar-refractivity contribution < 1.29 is 10.2 Å². The number of nitrogens with zero attached hydrogens (tertiary/aromatic N) is 4. The zero-order chi connectivity index (χ0) is 13.2. The highest BCUT2D eigenvalue weighted by Gasteiger charge is 2.28. The van der Waals surface area contributed by atoms with Crippen molar-refractivity contribution in [1.82, 2.24) is 20.2 Å². The summed E-state index contributed by atoms with van der Waals surface area (Å²) in [6, 6.07) is 6.69. The van der Waals surface area contributed by atoms with Crippen molar-refractivity contribution in [3.8, 4) is 11.4 Å². The molecule has 0 radical (unpaired) electrons. The summed E-state index contributed by atoms with van der Waals surface area (Å²) in [5, 5.41) is 31.6. The number of hydrogen-bond donors (Lipinski definition) is 2. The molecule has 1 aliphatic rings. The van der Waals surface area contributed by atoms with Gasteiger partial charge in [-0.05, 0) is 54.0 Å². The lowest BCUT2D eigenvalue weighted by Gasteiger charge is -2.12. The largest absolute Gasteiger partial charge is 0.508 e. The molecule has 1 aliphatic carbocycles. The Hall–Kier alpha value is -1.60. The van der Waals surface area contributed by atoms with E-state index in [1.807, 2.05) is 0 Å². The van der Waals surface area contributed by atoms with E-state index in [0.717, 1.165) is 24.9 Å². The van der Waals surface area contributed by atoms with Gasteiger partial charge in [-0.1, -0.05) is 11.8 Å². The summed E-state index contributed by atoms with van der Waals surface area (Å²) < 4.78 is 1.62. The van der Waals surface area contributed by atoms with Gasteiger partial charge in [0, 0.05) is 5.25 Å². The third kappa shape index (κ3) is 2.57. The van der Waals surface area contributed by atoms with Gasteiger partial charge in [0.05, 0.1) is 11.8 Å². The molecule has 1 heterocycles. The number of aliphatic hydroxyl groups excluding tert-OH is 1. The number of phenols is 1. The van der Waals surface area contributed by atoms with E-state index in [0.29, 0.717) is 5.16 Å². The topological polar surface area (TPSA) is 84.1 Å². The average Bonchev–Trinajstić information content (AvgIpc) is 3.01. The van der Waals surface area contributed by atoms with Crippen LogP contribution in [-0.4, -0.2) is 41.8 Å². The van der Waals surface area contributed by atoms with Crippen LogP contribution in [0.3, 0.4) is 0 Å². The first kappa shape index (κ1) is 12.4. The number of aromatic hydroxyl groups is 1. The number of tetrazole rings is 1. The highest BCUT2D eigenvalue weighted by atomic mass is 32.2. The summed E-state index contributed by atoms with van der Waals surface area (Å²) in [5.41, 5.74) is 0.790. The zero-order valence-corrected chi connectivity index (χ0v) is 11.0. The predicted molar refractivity (Wildman–Crippen MR) is 70.3 cm³/mol. The monoisotopic (exact) mass is 278 g/mol. The Labute approximate surface area is 114 Å². The van der Waals surface area contributed by atoms with Gasteiger partial charge in [-0.15, -0.1) is 5.10 Å². The summed E-state index contributed by atoms with van der Waals surface area (Å²) >= 11 is 1.51. The van der Waals surface area contributed by atoms with Crippen LogP contribution in [0.25, 0.3) is 5.69 Å². The van der Waals surface area contributed by atoms with Crippen molar-refractivity contribution in [3.63, 3.8) is 0 Å². The van der Waals surface area contributed by atoms with Gasteiger partial charge in [0.25, 0.3) is 0 Å². The lowest BCUT2D eigenvalue weighted by atomic mass is 10.3. The highest BCUT2D eigenvalue weighted by Crippen LogP contribution is 2.34. The predicted octanol–water partition coefficient (Wildman–Crippen LogP) is 1.37. The van der Waals surface area contributed by atoms with E-state index in [2.05, 4.69) is 15.5 Å². The number of phenolic OH excluding ortho intramolecular Hbond substituents is 1. The fourth-order valence-electron chi connectivity index (χ4n) is 2.19. The van der Waals surface area contributed by atoms with Crippen LogP contribution in [0.4, 0.5) is 0 Å². The molecule has 0 spiro atoms. The van der Waals surface area contributed by atoms with Gasteiger partial charge in [0.15, 0.2) is 0 Å². The quantitative estimate of drug-likeness (QED) is 0.882. The number of aromatic nitrogens is 4. The van der Waals surface area contributed by atoms with E-state index in [1.54, 1.807) is 28.9 Å². The third-order valence-electron chi connectivity index (χ3n) is 3.21. The molecule has 1 fully saturated rings. The number of aliphatic hydroxyl groups is 1. The molecule has 2 N–H and O–H groups in total. The molecule has 2 unspecified atom stereocenters. The molecule has 100 valence electrons. The van der Waals surface area contributed by atoms with Gasteiger partial charge in [-0.2, -0.15) is 4.68 Å². The van der Waals surface area contributed by atoms with Crippen molar-refractivity contribution in [2.24, 2.45) is 0 Å². The van der Waals surface area contributed by atoms with E-state index < -0.39 is 0 Å². The van der Waals surface area contributed by atoms with E-state index >= 15 is 0 Å². The van der Waals surface area contributed by atoms with Crippen molar-refractivity contribution >= 4 is 11.8 Å². The zero-order valence-electron chi connectivity index (χ0n) is 10.2. The first-order valence-corrected chi connectivity index (χ1v) is 7.04. The normalized spacial score (nSPS) is 22.8. The fraction of sp³-hybridized carbons (Fsp3) is 0.417. The maximum atomic E-state index is 9.85. The molecular weight excluding hydrogens is 264 g/mol. The van der Waals surface area contributed by atoms with Gasteiger partial charge in [0.1, 0.15) is 5.75 Å². The molecule has 6 nitrogen and oxygen atoms in total. The number of thioether (sulfide) groups is 1. The summed E-state index contributed by atoms with van der Waals surface area (Å²) in [6.07, 6.45) is 2.58. The van der Waals surface area contributed by atoms with Crippen LogP contribution >= 0.6 is 11.8 Å². The van der Waals surface area contributed by atoms with Crippen LogP contribution in [0.2, 0.25) is 0 Å². The Morgan fingerprint density at radius 3 is 2.68 bits per heavy atom. The van der Waals surface area contributed by atoms with Crippen LogP contribution in [-0.2, 0) is 0 Å². The SMILES string of the molecule is Oc1ccc(-n2nnnc2SC2CCCC2O)cc1. The summed E-state index contributed by atoms with van der Waals surface area (Å²) in [4.78, 5) is 0. The standard InChI is InChI=1S/C12H14N4O2S/c17-9-6-4-8(5-7-9)16-12(13-14-15-16)19-11-3-1-2-10(11)18/h4-7,10-11,17-18H,1-3H2. The van der Waals surface area contributed by atoms with Crippen molar-refractivity contribution in [3.05, 3.63) is 24.3 Å². The van der Waals surface area contributed by atoms with Crippen LogP contribution in [0.1, 0.15) is 19.3 Å². The van der Waals surface area contributed by atoms with Gasteiger partial charge in [-0.3, -0.25) is 0 Å². The summed E-state index contributed by atoms with van der Waals surface area (Å²) in [7, 11) is 0. The van der Waals surface area contributed by atoms with E-state index in [9.17, 15) is 10.2 Å². The Bertz CT molecular complexity index is 557. The Morgan fingerprint density at radius 1 is 1.21 bits per heavy atom. The summed E-state index contributed by atoms with van der Waals surface area (Å²) in [6.45, 7) is 0. The van der Waals surface area contributed by atoms with Crippen molar-refractivity contribution in [2.45, 2.75) is 35.8 Å². The average molecular weight is 278 g/mol. The van der Waals surface area contributed by atoms with Crippen molar-refractivity contribution in [2.75, 3.05) is 0 Å². The number of benzene rings is 1. The molecule has 0 saturated heterocycles. The maximum absolute atomic E-state index is 9.85. The first-order valence-electron chi connectivity index (χ1n) is 6.16. The molecule has 0 amide bonds. The molecule has 3 rings (SSSR count). The molecule has 7 heteroatoms. The molecule has 1 aromatic heterocycles. The summed E-state index contributed by atoms with van der Waals surface area (Å²) in [5.74, 6) is 0.206. The Kier molecular flexibility index (Phi) is 3.39. The molecule has 2 aromatic rings. The smallest absolute Gasteiger partial charge is 0.214 e. The number of rotatable bonds is 3. The third-order valence-corrected chi connectivity index (χ3v) is 4.53. The van der Waals surface area contributed by atoms with Gasteiger partial charge in [0.2, 0.25) is 5.16 Å². The minimum atomic E-state index is -0.282. The molecule has 2 atom stereocenters. The minimum absolute atomic E-state index is 0.155. The molecule has 0 aliphatic heterocycles. The lowest BCUT2D eigenvalue weighted by Crippen LogP contribution is -2.16. The van der Waals surface area contributed by atoms with Gasteiger partial charge >= 0.3 is 0 Å². The molecule has 0 bridgehead atoms. The highest BCUT2D eigenvalue weighted by molar-refractivity contribution is 7.99. The molecule has 1 saturated carbocycles. The van der Waals surface area contributed by atoms with Crippen LogP contribution in [0, 0.1) is 0 Å². The minimum Gasteiger partial charge on any atom is -0.508 e. The second-order valence-electron chi connectivity index (χ2n) is 4.54. The van der Waals surface area contributed by atoms with E-state index in [1.165, 1.54) is 11.8 Å². The van der Waals surface area contributed by atoms with Gasteiger partial charge in [-0.25, -0.2) is 0 Å². The van der Waals surface area contributed by atoms with E-state index in [-0.39, 0.29) is 17.1 Å². The molecule has 19 heavy (non-hydrogen) atoms. The van der Waals surface area contributed by atoms with E-state index in [4.69, 9.17) is 0 Å². The second kappa shape index (κ2) is 5.18. The fourth-order valence-corrected chi connectivity index (χ4v) is 3.36. The second-order valence-corrected chi connectivity index (χ2v) is 5.75. The van der Waals surface area contributed by atoms with Crippen LogP contribution in [0.15, 0.2) is 29.4 Å². The molecular formula is C12H14N4O2S. The maximum Gasteiger partial charge on any atom is 0.214 e. The van der Waals surface area contributed by atoms with Crippen molar-refractivity contribution in [1.29, 1.82) is 0 Å². The first-order chi connectivity index (χ1) is 9.24.